The van der Waals surface area contributed by atoms with Crippen molar-refractivity contribution >= 4 is 88.1 Å². The molecule has 0 aromatic heterocycles. The summed E-state index contributed by atoms with van der Waals surface area (Å²) in [6.45, 7) is 44.8. The molecule has 3 unspecified atom stereocenters. The first kappa shape index (κ1) is 91.1. The third-order valence-corrected chi connectivity index (χ3v) is 19.5. The van der Waals surface area contributed by atoms with Crippen LogP contribution in [0.5, 0.6) is 0 Å². The van der Waals surface area contributed by atoms with Crippen LogP contribution in [0.4, 0.5) is 0 Å². The molecule has 0 saturated carbocycles. The lowest BCUT2D eigenvalue weighted by atomic mass is 9.86. The highest BCUT2D eigenvalue weighted by Gasteiger charge is 2.37. The minimum absolute atomic E-state index is 0.000897. The van der Waals surface area contributed by atoms with Crippen molar-refractivity contribution in [3.8, 4) is 0 Å². The van der Waals surface area contributed by atoms with E-state index in [2.05, 4.69) is 83.1 Å². The van der Waals surface area contributed by atoms with Crippen LogP contribution in [0.3, 0.4) is 0 Å². The molecule has 0 radical (unpaired) electrons. The van der Waals surface area contributed by atoms with Crippen LogP contribution < -0.4 is 0 Å². The predicted molar refractivity (Wildman–Crippen MR) is 387 cm³/mol. The Kier molecular flexibility index (Phi) is 45.8. The van der Waals surface area contributed by atoms with Gasteiger partial charge in [0, 0.05) is 131 Å². The summed E-state index contributed by atoms with van der Waals surface area (Å²) >= 11 is 5.82. The van der Waals surface area contributed by atoms with Gasteiger partial charge in [0.1, 0.15) is 35.5 Å². The van der Waals surface area contributed by atoms with Crippen molar-refractivity contribution in [2.24, 2.45) is 16.2 Å². The summed E-state index contributed by atoms with van der Waals surface area (Å²) in [7, 11) is 10.3. The second-order valence-electron chi connectivity index (χ2n) is 30.8. The van der Waals surface area contributed by atoms with E-state index in [4.69, 9.17) is 0 Å². The van der Waals surface area contributed by atoms with Crippen molar-refractivity contribution in [3.63, 3.8) is 0 Å². The monoisotopic (exact) mass is 1330 g/mol. The molecular weight excluding hydrogens is 1190 g/mol. The van der Waals surface area contributed by atoms with Gasteiger partial charge < -0.3 is 29.4 Å². The first-order valence-electron chi connectivity index (χ1n) is 34.1. The summed E-state index contributed by atoms with van der Waals surface area (Å²) in [6.07, 6.45) is 16.0. The lowest BCUT2D eigenvalue weighted by Crippen LogP contribution is -2.50. The number of unbranched alkanes of at least 4 members (excludes halogenated alkanes) is 9. The highest BCUT2D eigenvalue weighted by Crippen LogP contribution is 2.29. The Morgan fingerprint density at radius 3 is 0.711 bits per heavy atom. The molecule has 0 aliphatic heterocycles. The van der Waals surface area contributed by atoms with E-state index >= 15 is 0 Å². The number of amides is 6. The first-order valence-corrected chi connectivity index (χ1v) is 37.1. The zero-order chi connectivity index (χ0) is 70.6. The van der Waals surface area contributed by atoms with Gasteiger partial charge in [-0.25, -0.2) is 0 Å². The van der Waals surface area contributed by atoms with Crippen LogP contribution in [0.25, 0.3) is 0 Å². The SMILES string of the molecule is CCCCN(C)C(=O)C(CC(=O)C(C)(C)C)N(C)C(=O)CCCCCCSC(C)(C)C.CCCCN(C)C(=O)C(CC(=O)C(C)(C)C)N(C)C(=O)CCCCCSC(C)(C)C.CCCCN(C)C(=O)C(CC(=O)C(C)(C)C)N(C)C(=O)CCCCSC(C)(C)C. The van der Waals surface area contributed by atoms with Gasteiger partial charge in [-0.2, -0.15) is 35.3 Å². The van der Waals surface area contributed by atoms with E-state index in [1.807, 2.05) is 97.6 Å². The van der Waals surface area contributed by atoms with Gasteiger partial charge in [-0.1, -0.05) is 184 Å². The Morgan fingerprint density at radius 1 is 0.300 bits per heavy atom. The summed E-state index contributed by atoms with van der Waals surface area (Å²) in [6, 6.07) is -2.16. The van der Waals surface area contributed by atoms with Crippen molar-refractivity contribution < 1.29 is 43.2 Å². The largest absolute Gasteiger partial charge is 0.344 e. The molecule has 0 N–H and O–H groups in total. The van der Waals surface area contributed by atoms with E-state index in [0.29, 0.717) is 43.6 Å². The van der Waals surface area contributed by atoms with Gasteiger partial charge in [-0.15, -0.1) is 0 Å². The maximum atomic E-state index is 13.1. The zero-order valence-electron chi connectivity index (χ0n) is 62.9. The molecule has 0 aliphatic carbocycles. The third kappa shape index (κ3) is 43.7. The molecule has 0 saturated heterocycles. The molecule has 0 aromatic rings. The maximum absolute atomic E-state index is 13.1. The lowest BCUT2D eigenvalue weighted by Gasteiger charge is -2.32. The van der Waals surface area contributed by atoms with Gasteiger partial charge in [-0.05, 0) is 75.0 Å². The summed E-state index contributed by atoms with van der Waals surface area (Å²) in [5.74, 6) is 2.69. The van der Waals surface area contributed by atoms with Crippen LogP contribution in [0.15, 0.2) is 0 Å². The Morgan fingerprint density at radius 2 is 0.500 bits per heavy atom. The molecule has 0 aromatic carbocycles. The third-order valence-electron chi connectivity index (χ3n) is 15.5. The molecule has 0 bridgehead atoms. The molecule has 6 amide bonds. The molecule has 0 fully saturated rings. The molecular formula is C72H138N6O9S3. The summed E-state index contributed by atoms with van der Waals surface area (Å²) in [5.41, 5.74) is -1.60. The van der Waals surface area contributed by atoms with E-state index in [-0.39, 0.29) is 81.5 Å². The van der Waals surface area contributed by atoms with E-state index in [9.17, 15) is 43.2 Å². The maximum Gasteiger partial charge on any atom is 0.245 e. The summed E-state index contributed by atoms with van der Waals surface area (Å²) < 4.78 is 0.802. The quantitative estimate of drug-likeness (QED) is 0.0534. The summed E-state index contributed by atoms with van der Waals surface area (Å²) in [4.78, 5) is 125. The predicted octanol–water partition coefficient (Wildman–Crippen LogP) is 15.5. The topological polar surface area (TPSA) is 173 Å². The number of rotatable bonds is 39. The number of nitrogens with zero attached hydrogens (tertiary/aromatic N) is 6. The van der Waals surface area contributed by atoms with Gasteiger partial charge in [-0.3, -0.25) is 43.2 Å². The van der Waals surface area contributed by atoms with Crippen LogP contribution in [0.2, 0.25) is 0 Å². The van der Waals surface area contributed by atoms with Crippen LogP contribution in [0, 0.1) is 16.2 Å². The number of ketones is 3. The number of hydrogen-bond donors (Lipinski definition) is 0. The summed E-state index contributed by atoms with van der Waals surface area (Å²) in [5, 5.41) is 0. The number of hydrogen-bond acceptors (Lipinski definition) is 12. The molecule has 18 heteroatoms. The van der Waals surface area contributed by atoms with Gasteiger partial charge in [0.15, 0.2) is 0 Å². The second-order valence-corrected chi connectivity index (χ2v) is 36.6. The van der Waals surface area contributed by atoms with Gasteiger partial charge in [0.2, 0.25) is 35.4 Å². The van der Waals surface area contributed by atoms with E-state index in [1.165, 1.54) is 14.7 Å². The number of likely N-dealkylation sites (N-methyl/N-ethyl adjacent to an activating group) is 6. The molecule has 0 heterocycles. The zero-order valence-corrected chi connectivity index (χ0v) is 65.4. The molecule has 0 rings (SSSR count). The van der Waals surface area contributed by atoms with Crippen molar-refractivity contribution in [3.05, 3.63) is 0 Å². The van der Waals surface area contributed by atoms with Crippen LogP contribution >= 0.6 is 35.3 Å². The fourth-order valence-electron chi connectivity index (χ4n) is 8.75. The average molecular weight is 1330 g/mol. The van der Waals surface area contributed by atoms with Crippen LogP contribution in [-0.4, -0.2) is 194 Å². The molecule has 0 spiro atoms. The van der Waals surface area contributed by atoms with Crippen molar-refractivity contribution in [2.75, 3.05) is 79.2 Å². The van der Waals surface area contributed by atoms with Crippen LogP contribution in [0.1, 0.15) is 280 Å². The second kappa shape index (κ2) is 45.3. The molecule has 0 aliphatic rings. The molecule has 90 heavy (non-hydrogen) atoms. The Balaban J connectivity index is -0.00000126. The standard InChI is InChI=1S/C25H48N2O3S.C24H46N2O3S.C23H44N2O3S/c1-10-11-17-26(8)23(30)20(19-21(28)24(2,3)4)27(9)22(29)16-14-12-13-15-18-31-25(5,6)7;1-10-11-16-25(8)22(29)19(18-20(27)23(2,3)4)26(9)21(28)15-13-12-14-17-30-24(5,6)7;1-10-11-15-24(8)21(28)18(17-19(26)22(2,3)4)25(9)20(27)14-12-13-16-29-23(5,6)7/h20H,10-19H2,1-9H3;19H,10-18H2,1-9H3;18H,10-17H2,1-9H3. The van der Waals surface area contributed by atoms with E-state index < -0.39 is 34.4 Å². The van der Waals surface area contributed by atoms with Crippen molar-refractivity contribution in [1.29, 1.82) is 0 Å². The average Bonchev–Trinajstić information content (AvgIpc) is 1.62. The fraction of sp³-hybridized carbons (Fsp3) is 0.875. The van der Waals surface area contributed by atoms with Gasteiger partial charge in [0.25, 0.3) is 0 Å². The molecule has 15 nitrogen and oxygen atoms in total. The lowest BCUT2D eigenvalue weighted by molar-refractivity contribution is -0.146. The van der Waals surface area contributed by atoms with Gasteiger partial charge >= 0.3 is 0 Å². The smallest absolute Gasteiger partial charge is 0.245 e. The molecule has 528 valence electrons. The number of thioether (sulfide) groups is 3. The Bertz CT molecular complexity index is 2110. The first-order chi connectivity index (χ1) is 41.1. The highest BCUT2D eigenvalue weighted by atomic mass is 32.2. The normalized spacial score (nSPS) is 13.1. The van der Waals surface area contributed by atoms with Crippen LogP contribution in [-0.2, 0) is 43.2 Å². The Hall–Kier alpha value is -3.12. The minimum Gasteiger partial charge on any atom is -0.344 e. The highest BCUT2D eigenvalue weighted by molar-refractivity contribution is 8.01. The van der Waals surface area contributed by atoms with Crippen molar-refractivity contribution in [2.45, 2.75) is 313 Å². The number of carbonyl (C=O) groups is 9. The number of carbonyl (C=O) groups excluding carboxylic acids is 9. The van der Waals surface area contributed by atoms with E-state index in [0.717, 1.165) is 114 Å². The van der Waals surface area contributed by atoms with Gasteiger partial charge in [0.05, 0.1) is 0 Å². The Labute approximate surface area is 565 Å². The minimum atomic E-state index is -0.722. The molecule has 3 atom stereocenters. The number of Topliss-reactive ketones (excluding diaryl/α,β-unsaturated/α-hetero) is 3. The van der Waals surface area contributed by atoms with E-state index in [1.54, 1.807) is 57.0 Å². The fourth-order valence-corrected chi connectivity index (χ4v) is 11.6. The van der Waals surface area contributed by atoms with Crippen molar-refractivity contribution in [1.82, 2.24) is 29.4 Å².